The van der Waals surface area contributed by atoms with Crippen molar-refractivity contribution in [3.63, 3.8) is 0 Å². The van der Waals surface area contributed by atoms with E-state index in [1.54, 1.807) is 18.2 Å². The Morgan fingerprint density at radius 1 is 1.41 bits per heavy atom. The molecule has 0 aliphatic rings. The van der Waals surface area contributed by atoms with Crippen LogP contribution in [0.15, 0.2) is 18.2 Å². The predicted molar refractivity (Wildman–Crippen MR) is 64.6 cm³/mol. The molecule has 1 atom stereocenters. The molecule has 0 aliphatic heterocycles. The highest BCUT2D eigenvalue weighted by Gasteiger charge is 2.09. The van der Waals surface area contributed by atoms with E-state index in [9.17, 15) is 4.79 Å². The number of aliphatic hydroxyl groups excluding tert-OH is 1. The van der Waals surface area contributed by atoms with Gasteiger partial charge in [-0.05, 0) is 25.1 Å². The van der Waals surface area contributed by atoms with Gasteiger partial charge >= 0.3 is 5.97 Å². The van der Waals surface area contributed by atoms with Crippen molar-refractivity contribution >= 4 is 29.2 Å². The number of carbonyl (C=O) groups is 1. The van der Waals surface area contributed by atoms with Gasteiger partial charge in [-0.2, -0.15) is 0 Å². The molecule has 0 amide bonds. The molecule has 6 heteroatoms. The number of hydrogen-bond donors (Lipinski definition) is 1. The van der Waals surface area contributed by atoms with Gasteiger partial charge in [0.05, 0.1) is 5.02 Å². The number of aliphatic hydroxyl groups is 1. The molecular formula is C11H12Cl2O4. The summed E-state index contributed by atoms with van der Waals surface area (Å²) in [5.74, 6) is -0.222. The molecule has 0 spiro atoms. The van der Waals surface area contributed by atoms with Crippen molar-refractivity contribution < 1.29 is 19.4 Å². The number of rotatable bonds is 5. The second kappa shape index (κ2) is 6.69. The monoisotopic (exact) mass is 278 g/mol. The van der Waals surface area contributed by atoms with E-state index in [1.165, 1.54) is 6.92 Å². The highest BCUT2D eigenvalue weighted by molar-refractivity contribution is 6.35. The third-order valence-electron chi connectivity index (χ3n) is 1.82. The molecule has 0 aromatic heterocycles. The van der Waals surface area contributed by atoms with Crippen LogP contribution in [0.2, 0.25) is 10.0 Å². The van der Waals surface area contributed by atoms with Gasteiger partial charge < -0.3 is 14.6 Å². The normalized spacial score (nSPS) is 12.0. The van der Waals surface area contributed by atoms with E-state index in [-0.39, 0.29) is 13.2 Å². The lowest BCUT2D eigenvalue weighted by molar-refractivity contribution is -0.153. The van der Waals surface area contributed by atoms with E-state index < -0.39 is 12.1 Å². The average molecular weight is 279 g/mol. The maximum absolute atomic E-state index is 10.9. The van der Waals surface area contributed by atoms with Gasteiger partial charge in [0.25, 0.3) is 0 Å². The van der Waals surface area contributed by atoms with Crippen molar-refractivity contribution in [1.29, 1.82) is 0 Å². The Bertz CT molecular complexity index is 393. The molecule has 4 nitrogen and oxygen atoms in total. The van der Waals surface area contributed by atoms with E-state index in [0.29, 0.717) is 15.8 Å². The zero-order valence-corrected chi connectivity index (χ0v) is 10.7. The number of benzene rings is 1. The Labute approximate surface area is 109 Å². The first-order chi connectivity index (χ1) is 8.00. The summed E-state index contributed by atoms with van der Waals surface area (Å²) in [6, 6.07) is 4.83. The lowest BCUT2D eigenvalue weighted by Crippen LogP contribution is -2.21. The van der Waals surface area contributed by atoms with Gasteiger partial charge in [-0.1, -0.05) is 23.2 Å². The first kappa shape index (κ1) is 14.1. The molecule has 0 unspecified atom stereocenters. The molecule has 0 bridgehead atoms. The number of ether oxygens (including phenoxy) is 2. The van der Waals surface area contributed by atoms with Crippen LogP contribution in [0.1, 0.15) is 6.92 Å². The summed E-state index contributed by atoms with van der Waals surface area (Å²) in [7, 11) is 0. The van der Waals surface area contributed by atoms with Gasteiger partial charge in [0.1, 0.15) is 25.1 Å². The molecule has 1 rings (SSSR count). The predicted octanol–water partition coefficient (Wildman–Crippen LogP) is 2.30. The molecule has 0 saturated heterocycles. The minimum atomic E-state index is -1.13. The van der Waals surface area contributed by atoms with Gasteiger partial charge in [-0.25, -0.2) is 4.79 Å². The van der Waals surface area contributed by atoms with Crippen LogP contribution in [0.4, 0.5) is 0 Å². The van der Waals surface area contributed by atoms with Crippen molar-refractivity contribution in [1.82, 2.24) is 0 Å². The van der Waals surface area contributed by atoms with Crippen LogP contribution in [0.5, 0.6) is 5.75 Å². The number of esters is 1. The number of carbonyl (C=O) groups excluding carboxylic acids is 1. The second-order valence-corrected chi connectivity index (χ2v) is 4.11. The van der Waals surface area contributed by atoms with E-state index in [2.05, 4.69) is 0 Å². The minimum absolute atomic E-state index is 0.0443. The van der Waals surface area contributed by atoms with Crippen molar-refractivity contribution in [3.05, 3.63) is 28.2 Å². The molecule has 0 radical (unpaired) electrons. The van der Waals surface area contributed by atoms with Crippen LogP contribution in [-0.2, 0) is 9.53 Å². The van der Waals surface area contributed by atoms with Gasteiger partial charge in [0.2, 0.25) is 0 Å². The molecule has 17 heavy (non-hydrogen) atoms. The first-order valence-electron chi connectivity index (χ1n) is 4.93. The SMILES string of the molecule is C[C@@H](O)C(=O)OCCOc1ccc(Cl)cc1Cl. The standard InChI is InChI=1S/C11H12Cl2O4/c1-7(14)11(15)17-5-4-16-10-3-2-8(12)6-9(10)13/h2-3,6-7,14H,4-5H2,1H3/t7-/m1/s1. The third-order valence-corrected chi connectivity index (χ3v) is 2.35. The van der Waals surface area contributed by atoms with E-state index in [0.717, 1.165) is 0 Å². The molecule has 94 valence electrons. The Kier molecular flexibility index (Phi) is 5.55. The maximum Gasteiger partial charge on any atom is 0.334 e. The van der Waals surface area contributed by atoms with Crippen molar-refractivity contribution in [3.8, 4) is 5.75 Å². The fourth-order valence-corrected chi connectivity index (χ4v) is 1.47. The summed E-state index contributed by atoms with van der Waals surface area (Å²) < 4.78 is 9.98. The lowest BCUT2D eigenvalue weighted by atomic mass is 10.3. The zero-order valence-electron chi connectivity index (χ0n) is 9.15. The Balaban J connectivity index is 2.34. The molecule has 0 aliphatic carbocycles. The lowest BCUT2D eigenvalue weighted by Gasteiger charge is -2.09. The molecule has 0 heterocycles. The Morgan fingerprint density at radius 3 is 2.71 bits per heavy atom. The summed E-state index contributed by atoms with van der Waals surface area (Å²) >= 11 is 11.6. The van der Waals surface area contributed by atoms with Crippen LogP contribution in [0.3, 0.4) is 0 Å². The summed E-state index contributed by atoms with van der Waals surface area (Å²) in [4.78, 5) is 10.9. The van der Waals surface area contributed by atoms with Crippen LogP contribution >= 0.6 is 23.2 Å². The zero-order chi connectivity index (χ0) is 12.8. The topological polar surface area (TPSA) is 55.8 Å². The van der Waals surface area contributed by atoms with E-state index in [1.807, 2.05) is 0 Å². The van der Waals surface area contributed by atoms with Crippen LogP contribution in [0.25, 0.3) is 0 Å². The highest BCUT2D eigenvalue weighted by Crippen LogP contribution is 2.27. The summed E-state index contributed by atoms with van der Waals surface area (Å²) in [6.07, 6.45) is -1.13. The molecule has 1 aromatic rings. The van der Waals surface area contributed by atoms with Crippen molar-refractivity contribution in [2.24, 2.45) is 0 Å². The minimum Gasteiger partial charge on any atom is -0.488 e. The Hall–Kier alpha value is -0.970. The quantitative estimate of drug-likeness (QED) is 0.663. The van der Waals surface area contributed by atoms with Gasteiger partial charge in [-0.3, -0.25) is 0 Å². The largest absolute Gasteiger partial charge is 0.488 e. The van der Waals surface area contributed by atoms with Crippen molar-refractivity contribution in [2.75, 3.05) is 13.2 Å². The molecule has 0 fully saturated rings. The van der Waals surface area contributed by atoms with Crippen LogP contribution in [0, 0.1) is 0 Å². The van der Waals surface area contributed by atoms with E-state index in [4.69, 9.17) is 37.8 Å². The Morgan fingerprint density at radius 2 is 2.12 bits per heavy atom. The average Bonchev–Trinajstić information content (AvgIpc) is 2.26. The molecule has 1 N–H and O–H groups in total. The highest BCUT2D eigenvalue weighted by atomic mass is 35.5. The van der Waals surface area contributed by atoms with Gasteiger partial charge in [-0.15, -0.1) is 0 Å². The van der Waals surface area contributed by atoms with Gasteiger partial charge in [0, 0.05) is 5.02 Å². The van der Waals surface area contributed by atoms with Gasteiger partial charge in [0.15, 0.2) is 0 Å². The molecule has 0 saturated carbocycles. The number of halogens is 2. The fraction of sp³-hybridized carbons (Fsp3) is 0.364. The first-order valence-corrected chi connectivity index (χ1v) is 5.69. The van der Waals surface area contributed by atoms with Crippen molar-refractivity contribution in [2.45, 2.75) is 13.0 Å². The second-order valence-electron chi connectivity index (χ2n) is 3.27. The van der Waals surface area contributed by atoms with Crippen LogP contribution in [-0.4, -0.2) is 30.4 Å². The summed E-state index contributed by atoms with van der Waals surface area (Å²) in [5, 5.41) is 9.77. The molecular weight excluding hydrogens is 267 g/mol. The van der Waals surface area contributed by atoms with Crippen LogP contribution < -0.4 is 4.74 Å². The fourth-order valence-electron chi connectivity index (χ4n) is 1.01. The summed E-state index contributed by atoms with van der Waals surface area (Å²) in [5.41, 5.74) is 0. The smallest absolute Gasteiger partial charge is 0.334 e. The third kappa shape index (κ3) is 4.81. The molecule has 1 aromatic carbocycles. The maximum atomic E-state index is 10.9. The van der Waals surface area contributed by atoms with E-state index >= 15 is 0 Å². The summed E-state index contributed by atoms with van der Waals surface area (Å²) in [6.45, 7) is 1.53. The number of hydrogen-bond acceptors (Lipinski definition) is 4.